The van der Waals surface area contributed by atoms with Crippen LogP contribution in [0.2, 0.25) is 0 Å². The molecule has 6 heteroatoms. The first kappa shape index (κ1) is 19.7. The van der Waals surface area contributed by atoms with Crippen molar-refractivity contribution in [3.05, 3.63) is 30.3 Å². The molecule has 2 amide bonds. The maximum absolute atomic E-state index is 13.1. The molecule has 0 aromatic heterocycles. The lowest BCUT2D eigenvalue weighted by Gasteiger charge is -2.39. The summed E-state index contributed by atoms with van der Waals surface area (Å²) in [5, 5.41) is 0. The summed E-state index contributed by atoms with van der Waals surface area (Å²) in [4.78, 5) is 31.7. The number of rotatable bonds is 7. The van der Waals surface area contributed by atoms with Crippen molar-refractivity contribution in [2.75, 3.05) is 58.4 Å². The van der Waals surface area contributed by atoms with Gasteiger partial charge in [-0.2, -0.15) is 0 Å². The van der Waals surface area contributed by atoms with E-state index >= 15 is 0 Å². The molecule has 2 aliphatic rings. The van der Waals surface area contributed by atoms with E-state index in [1.54, 1.807) is 7.11 Å². The Morgan fingerprint density at radius 2 is 2.00 bits per heavy atom. The topological polar surface area (TPSA) is 53.1 Å². The van der Waals surface area contributed by atoms with Gasteiger partial charge in [0.05, 0.1) is 12.0 Å². The van der Waals surface area contributed by atoms with Crippen LogP contribution in [0.1, 0.15) is 25.7 Å². The molecule has 0 unspecified atom stereocenters. The number of methoxy groups -OCH3 is 1. The summed E-state index contributed by atoms with van der Waals surface area (Å²) in [6.45, 7) is 3.83. The molecule has 0 N–H and O–H groups in total. The minimum Gasteiger partial charge on any atom is -0.385 e. The Kier molecular flexibility index (Phi) is 6.37. The molecule has 0 aliphatic carbocycles. The zero-order chi connectivity index (χ0) is 19.3. The average molecular weight is 373 g/mol. The summed E-state index contributed by atoms with van der Waals surface area (Å²) >= 11 is 0. The van der Waals surface area contributed by atoms with E-state index in [0.29, 0.717) is 26.2 Å². The van der Waals surface area contributed by atoms with E-state index in [9.17, 15) is 9.59 Å². The van der Waals surface area contributed by atoms with Gasteiger partial charge in [-0.05, 0) is 37.8 Å². The van der Waals surface area contributed by atoms with Crippen LogP contribution in [0, 0.1) is 5.41 Å². The summed E-state index contributed by atoms with van der Waals surface area (Å²) in [5.41, 5.74) is 0.657. The maximum atomic E-state index is 13.1. The predicted molar refractivity (Wildman–Crippen MR) is 106 cm³/mol. The minimum atomic E-state index is -0.369. The van der Waals surface area contributed by atoms with Crippen molar-refractivity contribution in [2.45, 2.75) is 25.7 Å². The zero-order valence-electron chi connectivity index (χ0n) is 16.5. The van der Waals surface area contributed by atoms with Gasteiger partial charge in [0.1, 0.15) is 0 Å². The lowest BCUT2D eigenvalue weighted by molar-refractivity contribution is -0.146. The highest BCUT2D eigenvalue weighted by atomic mass is 16.5. The van der Waals surface area contributed by atoms with Crippen molar-refractivity contribution in [2.24, 2.45) is 5.41 Å². The third kappa shape index (κ3) is 4.43. The van der Waals surface area contributed by atoms with Crippen LogP contribution in [0.3, 0.4) is 0 Å². The van der Waals surface area contributed by atoms with E-state index in [-0.39, 0.29) is 17.2 Å². The normalized spacial score (nSPS) is 22.5. The second kappa shape index (κ2) is 8.74. The molecular formula is C21H31N3O3. The second-order valence-corrected chi connectivity index (χ2v) is 7.78. The number of hydrogen-bond acceptors (Lipinski definition) is 4. The molecule has 0 bridgehead atoms. The van der Waals surface area contributed by atoms with Crippen molar-refractivity contribution < 1.29 is 14.3 Å². The van der Waals surface area contributed by atoms with E-state index in [1.165, 1.54) is 0 Å². The first-order valence-electron chi connectivity index (χ1n) is 9.88. The molecule has 1 aromatic carbocycles. The van der Waals surface area contributed by atoms with Crippen LogP contribution in [-0.4, -0.2) is 75.1 Å². The van der Waals surface area contributed by atoms with Crippen LogP contribution in [0.5, 0.6) is 0 Å². The number of carbonyl (C=O) groups is 2. The van der Waals surface area contributed by atoms with Gasteiger partial charge in [0, 0.05) is 52.6 Å². The summed E-state index contributed by atoms with van der Waals surface area (Å²) in [6.07, 6.45) is 3.56. The van der Waals surface area contributed by atoms with Gasteiger partial charge in [0.2, 0.25) is 11.8 Å². The van der Waals surface area contributed by atoms with Crippen LogP contribution < -0.4 is 4.90 Å². The van der Waals surface area contributed by atoms with E-state index < -0.39 is 0 Å². The highest BCUT2D eigenvalue weighted by molar-refractivity contribution is 5.87. The molecular weight excluding hydrogens is 342 g/mol. The van der Waals surface area contributed by atoms with Crippen LogP contribution in [0.4, 0.5) is 5.69 Å². The maximum Gasteiger partial charge on any atom is 0.242 e. The molecule has 27 heavy (non-hydrogen) atoms. The van der Waals surface area contributed by atoms with Crippen molar-refractivity contribution in [3.8, 4) is 0 Å². The fourth-order valence-electron chi connectivity index (χ4n) is 4.31. The van der Waals surface area contributed by atoms with Gasteiger partial charge >= 0.3 is 0 Å². The Hall–Kier alpha value is -2.08. The number of amides is 2. The van der Waals surface area contributed by atoms with Gasteiger partial charge in [0.15, 0.2) is 0 Å². The van der Waals surface area contributed by atoms with Gasteiger partial charge in [0.25, 0.3) is 0 Å². The summed E-state index contributed by atoms with van der Waals surface area (Å²) in [5.74, 6) is 0.333. The molecule has 1 atom stereocenters. The smallest absolute Gasteiger partial charge is 0.242 e. The van der Waals surface area contributed by atoms with Gasteiger partial charge in [-0.15, -0.1) is 0 Å². The van der Waals surface area contributed by atoms with Crippen molar-refractivity contribution in [1.82, 2.24) is 9.80 Å². The number of anilines is 1. The number of benzene rings is 1. The van der Waals surface area contributed by atoms with Gasteiger partial charge in [-0.3, -0.25) is 9.59 Å². The molecule has 148 valence electrons. The molecule has 6 nitrogen and oxygen atoms in total. The molecule has 0 radical (unpaired) electrons. The number of nitrogens with zero attached hydrogens (tertiary/aromatic N) is 3. The first-order valence-corrected chi connectivity index (χ1v) is 9.88. The molecule has 0 saturated carbocycles. The van der Waals surface area contributed by atoms with Crippen molar-refractivity contribution in [3.63, 3.8) is 0 Å². The number of piperidine rings is 1. The van der Waals surface area contributed by atoms with Gasteiger partial charge < -0.3 is 19.4 Å². The second-order valence-electron chi connectivity index (χ2n) is 7.78. The first-order chi connectivity index (χ1) is 13.1. The summed E-state index contributed by atoms with van der Waals surface area (Å²) in [7, 11) is 3.62. The summed E-state index contributed by atoms with van der Waals surface area (Å²) < 4.78 is 5.11. The number of hydrogen-bond donors (Lipinski definition) is 0. The quantitative estimate of drug-likeness (QED) is 0.686. The predicted octanol–water partition coefficient (Wildman–Crippen LogP) is 2.00. The van der Waals surface area contributed by atoms with Gasteiger partial charge in [-0.25, -0.2) is 0 Å². The standard InChI is InChI=1S/C21H31N3O3/c1-22(18-8-4-3-5-9-18)16-19(25)24-14-11-21(17-24)10-6-12-23(20(21)26)13-7-15-27-2/h3-5,8-9H,6-7,10-17H2,1-2H3/t21-/m1/s1. The number of likely N-dealkylation sites (N-methyl/N-ethyl adjacent to an activating group) is 1. The van der Waals surface area contributed by atoms with Crippen LogP contribution in [-0.2, 0) is 14.3 Å². The van der Waals surface area contributed by atoms with Crippen LogP contribution in [0.25, 0.3) is 0 Å². The van der Waals surface area contributed by atoms with Crippen molar-refractivity contribution in [1.29, 1.82) is 0 Å². The SMILES string of the molecule is COCCCN1CCC[C@]2(CCN(C(=O)CN(C)c3ccccc3)C2)C1=O. The van der Waals surface area contributed by atoms with Crippen LogP contribution >= 0.6 is 0 Å². The average Bonchev–Trinajstić information content (AvgIpc) is 3.11. The highest BCUT2D eigenvalue weighted by Crippen LogP contribution is 2.40. The molecule has 2 saturated heterocycles. The van der Waals surface area contributed by atoms with E-state index in [4.69, 9.17) is 4.74 Å². The fraction of sp³-hybridized carbons (Fsp3) is 0.619. The molecule has 2 heterocycles. The zero-order valence-corrected chi connectivity index (χ0v) is 16.5. The monoisotopic (exact) mass is 373 g/mol. The largest absolute Gasteiger partial charge is 0.385 e. The third-order valence-corrected chi connectivity index (χ3v) is 5.88. The van der Waals surface area contributed by atoms with E-state index in [1.807, 2.05) is 52.1 Å². The molecule has 2 fully saturated rings. The summed E-state index contributed by atoms with van der Waals surface area (Å²) in [6, 6.07) is 9.92. The van der Waals surface area contributed by atoms with Gasteiger partial charge in [-0.1, -0.05) is 18.2 Å². The Labute approximate surface area is 162 Å². The number of likely N-dealkylation sites (tertiary alicyclic amines) is 2. The van der Waals surface area contributed by atoms with Crippen molar-refractivity contribution >= 4 is 17.5 Å². The Morgan fingerprint density at radius 1 is 1.22 bits per heavy atom. The van der Waals surface area contributed by atoms with Crippen LogP contribution in [0.15, 0.2) is 30.3 Å². The molecule has 2 aliphatic heterocycles. The molecule has 1 aromatic rings. The lowest BCUT2D eigenvalue weighted by atomic mass is 9.78. The number of carbonyl (C=O) groups excluding carboxylic acids is 2. The molecule has 1 spiro atoms. The highest BCUT2D eigenvalue weighted by Gasteiger charge is 2.49. The number of para-hydroxylation sites is 1. The fourth-order valence-corrected chi connectivity index (χ4v) is 4.31. The minimum absolute atomic E-state index is 0.0996. The van der Waals surface area contributed by atoms with E-state index in [2.05, 4.69) is 0 Å². The third-order valence-electron chi connectivity index (χ3n) is 5.88. The molecule has 3 rings (SSSR count). The van der Waals surface area contributed by atoms with E-state index in [0.717, 1.165) is 44.5 Å². The lowest BCUT2D eigenvalue weighted by Crippen LogP contribution is -2.51. The number of ether oxygens (including phenoxy) is 1. The Bertz CT molecular complexity index is 651. The Balaban J connectivity index is 1.58. The Morgan fingerprint density at radius 3 is 2.74 bits per heavy atom.